The smallest absolute Gasteiger partial charge is 0.273 e. The zero-order valence-corrected chi connectivity index (χ0v) is 17.1. The van der Waals surface area contributed by atoms with Crippen LogP contribution in [0.15, 0.2) is 46.0 Å². The van der Waals surface area contributed by atoms with Gasteiger partial charge in [0.15, 0.2) is 11.5 Å². The maximum Gasteiger partial charge on any atom is 0.273 e. The highest BCUT2D eigenvalue weighted by molar-refractivity contribution is 9.10. The lowest BCUT2D eigenvalue weighted by Crippen LogP contribution is -2.20. The molecule has 0 aliphatic carbocycles. The second-order valence-corrected chi connectivity index (χ2v) is 6.40. The largest absolute Gasteiger partial charge is 0.490 e. The SMILES string of the molecule is CCOc1cc(Br)c(C=NNC(=O)Cc2ccccc2[N+](=O)[O-])cc1OCC. The van der Waals surface area contributed by atoms with E-state index in [0.29, 0.717) is 35.8 Å². The lowest BCUT2D eigenvalue weighted by Gasteiger charge is -2.12. The molecule has 8 nitrogen and oxygen atoms in total. The van der Waals surface area contributed by atoms with Crippen molar-refractivity contribution in [2.45, 2.75) is 20.3 Å². The molecular weight excluding hydrogens is 430 g/mol. The maximum atomic E-state index is 12.1. The maximum absolute atomic E-state index is 12.1. The fourth-order valence-electron chi connectivity index (χ4n) is 2.41. The summed E-state index contributed by atoms with van der Waals surface area (Å²) >= 11 is 3.43. The standard InChI is InChI=1S/C19H20BrN3O5/c1-3-27-17-9-14(15(20)11-18(17)28-4-2)12-21-22-19(24)10-13-7-5-6-8-16(13)23(25)26/h5-9,11-12H,3-4,10H2,1-2H3,(H,22,24). The molecule has 1 N–H and O–H groups in total. The Kier molecular flexibility index (Phi) is 7.94. The molecule has 0 aliphatic rings. The second-order valence-electron chi connectivity index (χ2n) is 5.54. The molecule has 2 aromatic carbocycles. The first kappa shape index (κ1) is 21.4. The number of carbonyl (C=O) groups is 1. The summed E-state index contributed by atoms with van der Waals surface area (Å²) in [5.74, 6) is 0.715. The van der Waals surface area contributed by atoms with Crippen molar-refractivity contribution >= 4 is 33.7 Å². The van der Waals surface area contributed by atoms with E-state index in [4.69, 9.17) is 9.47 Å². The summed E-state index contributed by atoms with van der Waals surface area (Å²) in [6, 6.07) is 9.61. The highest BCUT2D eigenvalue weighted by atomic mass is 79.9. The Morgan fingerprint density at radius 1 is 1.21 bits per heavy atom. The van der Waals surface area contributed by atoms with Gasteiger partial charge < -0.3 is 9.47 Å². The van der Waals surface area contributed by atoms with E-state index in [9.17, 15) is 14.9 Å². The van der Waals surface area contributed by atoms with Crippen LogP contribution in [0.1, 0.15) is 25.0 Å². The van der Waals surface area contributed by atoms with Gasteiger partial charge in [0.25, 0.3) is 5.69 Å². The second kappa shape index (κ2) is 10.4. The molecule has 0 saturated carbocycles. The van der Waals surface area contributed by atoms with Crippen molar-refractivity contribution in [2.24, 2.45) is 5.10 Å². The molecule has 0 aromatic heterocycles. The number of halogens is 1. The summed E-state index contributed by atoms with van der Waals surface area (Å²) in [5.41, 5.74) is 3.28. The van der Waals surface area contributed by atoms with Crippen LogP contribution in [-0.4, -0.2) is 30.3 Å². The van der Waals surface area contributed by atoms with Crippen molar-refractivity contribution in [2.75, 3.05) is 13.2 Å². The fraction of sp³-hybridized carbons (Fsp3) is 0.263. The molecule has 2 aromatic rings. The first-order valence-corrected chi connectivity index (χ1v) is 9.38. The molecule has 0 heterocycles. The third kappa shape index (κ3) is 5.78. The lowest BCUT2D eigenvalue weighted by molar-refractivity contribution is -0.385. The number of nitrogens with zero attached hydrogens (tertiary/aromatic N) is 2. The van der Waals surface area contributed by atoms with Gasteiger partial charge in [0.1, 0.15) is 0 Å². The fourth-order valence-corrected chi connectivity index (χ4v) is 2.84. The number of para-hydroxylation sites is 1. The van der Waals surface area contributed by atoms with Crippen LogP contribution in [0.2, 0.25) is 0 Å². The molecule has 0 radical (unpaired) electrons. The number of nitro benzene ring substituents is 1. The van der Waals surface area contributed by atoms with E-state index in [0.717, 1.165) is 4.47 Å². The number of amides is 1. The Labute approximate surface area is 170 Å². The number of benzene rings is 2. The zero-order valence-electron chi connectivity index (χ0n) is 15.5. The lowest BCUT2D eigenvalue weighted by atomic mass is 10.1. The van der Waals surface area contributed by atoms with E-state index in [1.54, 1.807) is 30.3 Å². The number of hydrazone groups is 1. The van der Waals surface area contributed by atoms with Crippen LogP contribution < -0.4 is 14.9 Å². The van der Waals surface area contributed by atoms with Gasteiger partial charge in [0, 0.05) is 21.7 Å². The number of nitrogens with one attached hydrogen (secondary N) is 1. The normalized spacial score (nSPS) is 10.7. The minimum atomic E-state index is -0.516. The van der Waals surface area contributed by atoms with Crippen LogP contribution in [0.3, 0.4) is 0 Å². The highest BCUT2D eigenvalue weighted by Crippen LogP contribution is 2.33. The quantitative estimate of drug-likeness (QED) is 0.355. The van der Waals surface area contributed by atoms with E-state index < -0.39 is 10.8 Å². The van der Waals surface area contributed by atoms with Crippen LogP contribution in [0.25, 0.3) is 0 Å². The molecule has 0 bridgehead atoms. The minimum absolute atomic E-state index is 0.0998. The number of carbonyl (C=O) groups excluding carboxylic acids is 1. The highest BCUT2D eigenvalue weighted by Gasteiger charge is 2.15. The molecule has 0 saturated heterocycles. The minimum Gasteiger partial charge on any atom is -0.490 e. The topological polar surface area (TPSA) is 103 Å². The Balaban J connectivity index is 2.09. The summed E-state index contributed by atoms with van der Waals surface area (Å²) in [4.78, 5) is 22.6. The molecule has 1 amide bonds. The number of rotatable bonds is 9. The molecule has 0 atom stereocenters. The van der Waals surface area contributed by atoms with Crippen LogP contribution in [-0.2, 0) is 11.2 Å². The molecule has 9 heteroatoms. The number of hydrogen-bond acceptors (Lipinski definition) is 6. The molecule has 148 valence electrons. The van der Waals surface area contributed by atoms with E-state index in [-0.39, 0.29) is 12.1 Å². The Morgan fingerprint density at radius 3 is 2.50 bits per heavy atom. The van der Waals surface area contributed by atoms with Gasteiger partial charge in [-0.3, -0.25) is 14.9 Å². The van der Waals surface area contributed by atoms with Gasteiger partial charge in [-0.2, -0.15) is 5.10 Å². The monoisotopic (exact) mass is 449 g/mol. The van der Waals surface area contributed by atoms with Crippen LogP contribution in [0.5, 0.6) is 11.5 Å². The Morgan fingerprint density at radius 2 is 1.86 bits per heavy atom. The number of nitro groups is 1. The predicted molar refractivity (Wildman–Crippen MR) is 109 cm³/mol. The zero-order chi connectivity index (χ0) is 20.5. The molecule has 0 fully saturated rings. The average Bonchev–Trinajstić information content (AvgIpc) is 2.65. The van der Waals surface area contributed by atoms with Crippen LogP contribution in [0.4, 0.5) is 5.69 Å². The average molecular weight is 450 g/mol. The van der Waals surface area contributed by atoms with Gasteiger partial charge in [0.05, 0.1) is 30.8 Å². The van der Waals surface area contributed by atoms with Gasteiger partial charge >= 0.3 is 0 Å². The van der Waals surface area contributed by atoms with E-state index in [1.807, 2.05) is 13.8 Å². The van der Waals surface area contributed by atoms with Gasteiger partial charge in [-0.25, -0.2) is 5.43 Å². The summed E-state index contributed by atoms with van der Waals surface area (Å²) in [5, 5.41) is 14.9. The third-order valence-electron chi connectivity index (χ3n) is 3.59. The van der Waals surface area contributed by atoms with Crippen molar-refractivity contribution in [3.8, 4) is 11.5 Å². The van der Waals surface area contributed by atoms with E-state index >= 15 is 0 Å². The molecule has 2 rings (SSSR count). The first-order chi connectivity index (χ1) is 13.5. The Bertz CT molecular complexity index is 886. The van der Waals surface area contributed by atoms with Crippen LogP contribution >= 0.6 is 15.9 Å². The van der Waals surface area contributed by atoms with E-state index in [1.165, 1.54) is 12.3 Å². The summed E-state index contributed by atoms with van der Waals surface area (Å²) in [6.45, 7) is 4.73. The van der Waals surface area contributed by atoms with Crippen LogP contribution in [0, 0.1) is 10.1 Å². The summed E-state index contributed by atoms with van der Waals surface area (Å²) < 4.78 is 11.8. The van der Waals surface area contributed by atoms with Crippen molar-refractivity contribution in [1.29, 1.82) is 0 Å². The Hall–Kier alpha value is -2.94. The van der Waals surface area contributed by atoms with Gasteiger partial charge in [0.2, 0.25) is 5.91 Å². The summed E-state index contributed by atoms with van der Waals surface area (Å²) in [7, 11) is 0. The van der Waals surface area contributed by atoms with Gasteiger partial charge in [-0.15, -0.1) is 0 Å². The van der Waals surface area contributed by atoms with Crippen molar-refractivity contribution < 1.29 is 19.2 Å². The first-order valence-electron chi connectivity index (χ1n) is 8.59. The van der Waals surface area contributed by atoms with Gasteiger partial charge in [-0.05, 0) is 41.9 Å². The summed E-state index contributed by atoms with van der Waals surface area (Å²) in [6.07, 6.45) is 1.31. The molecule has 0 spiro atoms. The third-order valence-corrected chi connectivity index (χ3v) is 4.28. The van der Waals surface area contributed by atoms with Crippen molar-refractivity contribution in [3.63, 3.8) is 0 Å². The van der Waals surface area contributed by atoms with E-state index in [2.05, 4.69) is 26.5 Å². The van der Waals surface area contributed by atoms with Gasteiger partial charge in [-0.1, -0.05) is 18.2 Å². The molecule has 0 unspecified atom stereocenters. The number of hydrogen-bond donors (Lipinski definition) is 1. The van der Waals surface area contributed by atoms with Crippen molar-refractivity contribution in [3.05, 3.63) is 62.1 Å². The van der Waals surface area contributed by atoms with Crippen molar-refractivity contribution in [1.82, 2.24) is 5.43 Å². The number of ether oxygens (including phenoxy) is 2. The molecule has 0 aliphatic heterocycles. The molecular formula is C19H20BrN3O5. The predicted octanol–water partition coefficient (Wildman–Crippen LogP) is 3.85. The molecule has 28 heavy (non-hydrogen) atoms.